The van der Waals surface area contributed by atoms with Crippen molar-refractivity contribution < 1.29 is 53.2 Å². The van der Waals surface area contributed by atoms with Crippen LogP contribution in [-0.2, 0) is 38.2 Å². The van der Waals surface area contributed by atoms with Crippen LogP contribution >= 0.6 is 0 Å². The Morgan fingerprint density at radius 1 is 0.558 bits per heavy atom. The molecule has 0 fully saturated rings. The number of Topliss-reactive ketones (excluding diaryl/α,β-unsaturated/α-hetero) is 3. The van der Waals surface area contributed by atoms with E-state index in [0.717, 1.165) is 39.8 Å². The fourth-order valence-electron chi connectivity index (χ4n) is 8.40. The number of phenols is 2. The Hall–Kier alpha value is -7.66. The molecule has 2 atom stereocenters. The highest BCUT2D eigenvalue weighted by Crippen LogP contribution is 2.42. The molecule has 0 aliphatic heterocycles. The van der Waals surface area contributed by atoms with Gasteiger partial charge in [-0.1, -0.05) is 166 Å². The Labute approximate surface area is 457 Å². The van der Waals surface area contributed by atoms with Crippen molar-refractivity contribution in [2.45, 2.75) is 147 Å². The van der Waals surface area contributed by atoms with E-state index in [9.17, 15) is 39.0 Å². The summed E-state index contributed by atoms with van der Waals surface area (Å²) < 4.78 is 16.3. The molecule has 0 saturated carbocycles. The van der Waals surface area contributed by atoms with Gasteiger partial charge in [-0.05, 0) is 130 Å². The first-order valence-corrected chi connectivity index (χ1v) is 26.2. The lowest BCUT2D eigenvalue weighted by molar-refractivity contribution is -0.157. The van der Waals surface area contributed by atoms with Gasteiger partial charge < -0.3 is 29.2 Å². The van der Waals surface area contributed by atoms with Gasteiger partial charge in [0, 0.05) is 25.3 Å². The Morgan fingerprint density at radius 2 is 1.00 bits per heavy atom. The van der Waals surface area contributed by atoms with Crippen molar-refractivity contribution in [1.29, 1.82) is 0 Å². The van der Waals surface area contributed by atoms with Crippen LogP contribution in [0.2, 0.25) is 0 Å². The van der Waals surface area contributed by atoms with E-state index in [-0.39, 0.29) is 59.9 Å². The number of allylic oxidation sites excluding steroid dienone is 20. The molecule has 2 unspecified atom stereocenters. The van der Waals surface area contributed by atoms with Crippen molar-refractivity contribution >= 4 is 47.4 Å². The number of phenolic OH excluding ortho intramolecular Hbond substituents is 2. The third kappa shape index (κ3) is 22.6. The predicted molar refractivity (Wildman–Crippen MR) is 309 cm³/mol. The number of ketones is 3. The molecule has 2 aliphatic rings. The summed E-state index contributed by atoms with van der Waals surface area (Å²) in [5.74, 6) is -1.95. The third-order valence-corrected chi connectivity index (χ3v) is 12.6. The summed E-state index contributed by atoms with van der Waals surface area (Å²) in [7, 11) is 0. The predicted octanol–water partition coefficient (Wildman–Crippen LogP) is 14.8. The van der Waals surface area contributed by atoms with Crippen LogP contribution in [0.5, 0.6) is 17.2 Å². The van der Waals surface area contributed by atoms with Crippen molar-refractivity contribution in [1.82, 2.24) is 0 Å². The number of carbonyl (C=O) groups is 6. The maximum atomic E-state index is 13.2. The monoisotopic (exact) mass is 1050 g/mol. The van der Waals surface area contributed by atoms with Gasteiger partial charge in [-0.15, -0.1) is 0 Å². The van der Waals surface area contributed by atoms with Gasteiger partial charge in [0.1, 0.15) is 23.0 Å². The van der Waals surface area contributed by atoms with Gasteiger partial charge in [-0.25, -0.2) is 0 Å². The van der Waals surface area contributed by atoms with E-state index in [1.807, 2.05) is 108 Å². The second-order valence-corrected chi connectivity index (χ2v) is 21.0. The van der Waals surface area contributed by atoms with Gasteiger partial charge in [0.25, 0.3) is 0 Å². The van der Waals surface area contributed by atoms with Crippen LogP contribution in [0.3, 0.4) is 0 Å². The van der Waals surface area contributed by atoms with Crippen LogP contribution in [-0.4, -0.2) is 57.7 Å². The van der Waals surface area contributed by atoms with E-state index in [1.165, 1.54) is 30.7 Å². The van der Waals surface area contributed by atoms with E-state index >= 15 is 0 Å². The quantitative estimate of drug-likeness (QED) is 0.0528. The van der Waals surface area contributed by atoms with E-state index in [2.05, 4.69) is 46.8 Å². The van der Waals surface area contributed by atoms with Crippen LogP contribution < -0.4 is 4.74 Å². The summed E-state index contributed by atoms with van der Waals surface area (Å²) >= 11 is 0. The van der Waals surface area contributed by atoms with Crippen molar-refractivity contribution in [2.24, 2.45) is 10.8 Å². The minimum absolute atomic E-state index is 0.0182. The van der Waals surface area contributed by atoms with Gasteiger partial charge in [-0.2, -0.15) is 0 Å². The number of esters is 3. The maximum absolute atomic E-state index is 13.2. The zero-order valence-corrected chi connectivity index (χ0v) is 47.5. The molecule has 0 aromatic heterocycles. The molecule has 11 nitrogen and oxygen atoms in total. The Morgan fingerprint density at radius 3 is 1.49 bits per heavy atom. The molecule has 0 bridgehead atoms. The molecule has 2 aliphatic carbocycles. The number of carbonyl (C=O) groups excluding carboxylic acids is 6. The van der Waals surface area contributed by atoms with E-state index in [1.54, 1.807) is 50.3 Å². The minimum atomic E-state index is -0.921. The van der Waals surface area contributed by atoms with E-state index < -0.39 is 35.5 Å². The first-order valence-electron chi connectivity index (χ1n) is 26.2. The van der Waals surface area contributed by atoms with Crippen LogP contribution in [0.25, 0.3) is 12.2 Å². The molecule has 2 aromatic carbocycles. The third-order valence-electron chi connectivity index (χ3n) is 12.6. The fraction of sp³-hybridized carbons (Fsp3) is 0.364. The first-order chi connectivity index (χ1) is 36.2. The molecule has 2 N–H and O–H groups in total. The van der Waals surface area contributed by atoms with Gasteiger partial charge in [0.05, 0.1) is 19.3 Å². The largest absolute Gasteiger partial charge is 0.508 e. The molecular weight excluding hydrogens is 969 g/mol. The lowest BCUT2D eigenvalue weighted by Crippen LogP contribution is -2.39. The smallest absolute Gasteiger partial charge is 0.311 e. The van der Waals surface area contributed by atoms with Crippen molar-refractivity contribution in [3.8, 4) is 17.2 Å². The SMILES string of the molecule is CC(C)=C/C=C/C=C(C)/C=C/C=C(C)/C=C/C1=C(C)C(=O)C(OC(=O)CCC(=O)Oc2ccc(/C=C/c3cc(O)cc(O)c3)cc2)CC1(C)C.CC/C=C/C=C(C)/C=C/C1=C(C)C(=O)C(OC(=O)CCC(C)=O)CC1(C)C. The zero-order chi connectivity index (χ0) is 57.5. The number of rotatable bonds is 21. The number of aromatic hydroxyl groups is 2. The molecule has 0 saturated heterocycles. The molecule has 4 rings (SSSR count). The average Bonchev–Trinajstić information content (AvgIpc) is 3.34. The summed E-state index contributed by atoms with van der Waals surface area (Å²) in [6, 6.07) is 11.0. The highest BCUT2D eigenvalue weighted by molar-refractivity contribution is 6.02. The normalized spacial score (nSPS) is 18.2. The second-order valence-electron chi connectivity index (χ2n) is 21.0. The second kappa shape index (κ2) is 30.8. The highest BCUT2D eigenvalue weighted by atomic mass is 16.6. The highest BCUT2D eigenvalue weighted by Gasteiger charge is 2.41. The van der Waals surface area contributed by atoms with Gasteiger partial charge >= 0.3 is 17.9 Å². The first kappa shape index (κ1) is 63.6. The van der Waals surface area contributed by atoms with Crippen LogP contribution in [0.15, 0.2) is 172 Å². The topological polar surface area (TPSA) is 171 Å². The fourth-order valence-corrected chi connectivity index (χ4v) is 8.40. The minimum Gasteiger partial charge on any atom is -0.508 e. The Kier molecular flexibility index (Phi) is 25.4. The summed E-state index contributed by atoms with van der Waals surface area (Å²) in [6.07, 6.45) is 31.6. The molecule has 0 radical (unpaired) electrons. The van der Waals surface area contributed by atoms with Gasteiger partial charge in [-0.3, -0.25) is 24.0 Å². The molecule has 77 heavy (non-hydrogen) atoms. The van der Waals surface area contributed by atoms with Gasteiger partial charge in [0.15, 0.2) is 23.8 Å². The molecule has 410 valence electrons. The lowest BCUT2D eigenvalue weighted by atomic mass is 9.71. The van der Waals surface area contributed by atoms with Crippen LogP contribution in [0.1, 0.15) is 146 Å². The molecule has 0 spiro atoms. The summed E-state index contributed by atoms with van der Waals surface area (Å²) in [4.78, 5) is 74.0. The number of benzene rings is 2. The van der Waals surface area contributed by atoms with Crippen LogP contribution in [0.4, 0.5) is 0 Å². The van der Waals surface area contributed by atoms with Crippen molar-refractivity contribution in [3.63, 3.8) is 0 Å². The van der Waals surface area contributed by atoms with E-state index in [4.69, 9.17) is 14.2 Å². The van der Waals surface area contributed by atoms with Crippen molar-refractivity contribution in [2.75, 3.05) is 0 Å². The standard InChI is InChI=1S/C43H48O7.C23H32O4/c1-29(2)11-8-9-12-30(3)13-10-14-31(4)15-22-38-32(5)42(48)39(28-43(38,6)7)50-41(47)24-23-40(46)49-37-20-18-33(19-21-37)16-17-34-25-35(44)27-36(45)26-34;1-7-8-9-10-16(2)11-13-19-18(4)22(26)20(15-23(19,5)6)27-21(25)14-12-17(3)24/h8-22,25-27,39,44-45H,23-24,28H2,1-7H3;8-11,13,20H,7,12,14-15H2,1-6H3/b9-8+,13-10+,17-16+,22-15+,30-12+,31-14+;9-8+,13-11+,16-10+. The molecular formula is C66H80O11. The number of hydrogen-bond donors (Lipinski definition) is 2. The molecule has 0 heterocycles. The number of ether oxygens (including phenoxy) is 3. The lowest BCUT2D eigenvalue weighted by Gasteiger charge is -2.36. The molecule has 2 aromatic rings. The maximum Gasteiger partial charge on any atom is 0.311 e. The van der Waals surface area contributed by atoms with E-state index in [0.29, 0.717) is 35.3 Å². The summed E-state index contributed by atoms with van der Waals surface area (Å²) in [6.45, 7) is 25.4. The zero-order valence-electron chi connectivity index (χ0n) is 47.5. The summed E-state index contributed by atoms with van der Waals surface area (Å²) in [5, 5.41) is 19.2. The molecule has 0 amide bonds. The summed E-state index contributed by atoms with van der Waals surface area (Å²) in [5.41, 5.74) is 8.26. The van der Waals surface area contributed by atoms with Crippen molar-refractivity contribution in [3.05, 3.63) is 183 Å². The number of hydrogen-bond acceptors (Lipinski definition) is 11. The molecule has 11 heteroatoms. The Balaban J connectivity index is 0.000000487. The van der Waals surface area contributed by atoms with Crippen LogP contribution in [0, 0.1) is 10.8 Å². The van der Waals surface area contributed by atoms with Gasteiger partial charge in [0.2, 0.25) is 0 Å². The Bertz CT molecular complexity index is 2830. The average molecular weight is 1050 g/mol.